The number of ether oxygens (including phenoxy) is 1. The molecule has 0 unspecified atom stereocenters. The largest absolute Gasteiger partial charge is 0.491 e. The van der Waals surface area contributed by atoms with Crippen LogP contribution in [0.2, 0.25) is 0 Å². The standard InChI is InChI=1S/C21H25NO4/c1-3-13-26-19-12-11-17(21(24)25)14-18(19)22-20(23)6-4-5-16-9-7-15(2)8-10-16/h7-12,14H,3-6,13H2,1-2H3,(H,22,23)(H,24,25). The Bertz CT molecular complexity index is 753. The predicted molar refractivity (Wildman–Crippen MR) is 102 cm³/mol. The van der Waals surface area contributed by atoms with Gasteiger partial charge in [-0.15, -0.1) is 0 Å². The first-order valence-corrected chi connectivity index (χ1v) is 8.85. The zero-order valence-corrected chi connectivity index (χ0v) is 15.2. The molecule has 0 radical (unpaired) electrons. The first kappa shape index (κ1) is 19.5. The van der Waals surface area contributed by atoms with Gasteiger partial charge in [-0.2, -0.15) is 0 Å². The molecule has 2 rings (SSSR count). The van der Waals surface area contributed by atoms with Gasteiger partial charge >= 0.3 is 5.97 Å². The fraction of sp³-hybridized carbons (Fsp3) is 0.333. The first-order valence-electron chi connectivity index (χ1n) is 8.85. The quantitative estimate of drug-likeness (QED) is 0.697. The van der Waals surface area contributed by atoms with Crippen LogP contribution in [-0.2, 0) is 11.2 Å². The van der Waals surface area contributed by atoms with Crippen LogP contribution < -0.4 is 10.1 Å². The number of amides is 1. The highest BCUT2D eigenvalue weighted by atomic mass is 16.5. The maximum absolute atomic E-state index is 12.2. The van der Waals surface area contributed by atoms with Crippen molar-refractivity contribution in [2.75, 3.05) is 11.9 Å². The zero-order valence-electron chi connectivity index (χ0n) is 15.2. The fourth-order valence-corrected chi connectivity index (χ4v) is 2.52. The summed E-state index contributed by atoms with van der Waals surface area (Å²) in [6, 6.07) is 12.8. The first-order chi connectivity index (χ1) is 12.5. The Morgan fingerprint density at radius 2 is 1.85 bits per heavy atom. The summed E-state index contributed by atoms with van der Waals surface area (Å²) in [6.45, 7) is 4.53. The van der Waals surface area contributed by atoms with Gasteiger partial charge in [0.05, 0.1) is 17.9 Å². The molecule has 0 fully saturated rings. The molecule has 0 aliphatic carbocycles. The van der Waals surface area contributed by atoms with Crippen molar-refractivity contribution in [3.05, 3.63) is 59.2 Å². The molecule has 1 amide bonds. The van der Waals surface area contributed by atoms with Crippen molar-refractivity contribution in [1.29, 1.82) is 0 Å². The van der Waals surface area contributed by atoms with E-state index in [1.54, 1.807) is 6.07 Å². The van der Waals surface area contributed by atoms with E-state index in [1.807, 2.05) is 13.8 Å². The van der Waals surface area contributed by atoms with Gasteiger partial charge in [-0.25, -0.2) is 4.79 Å². The van der Waals surface area contributed by atoms with Crippen LogP contribution in [0.5, 0.6) is 5.75 Å². The van der Waals surface area contributed by atoms with Crippen LogP contribution in [0.4, 0.5) is 5.69 Å². The summed E-state index contributed by atoms with van der Waals surface area (Å²) in [5.41, 5.74) is 2.93. The molecule has 0 heterocycles. The second-order valence-corrected chi connectivity index (χ2v) is 6.25. The molecule has 26 heavy (non-hydrogen) atoms. The third-order valence-corrected chi connectivity index (χ3v) is 3.95. The van der Waals surface area contributed by atoms with E-state index < -0.39 is 5.97 Å². The Morgan fingerprint density at radius 1 is 1.12 bits per heavy atom. The highest BCUT2D eigenvalue weighted by Crippen LogP contribution is 2.26. The van der Waals surface area contributed by atoms with Gasteiger partial charge in [-0.3, -0.25) is 4.79 Å². The van der Waals surface area contributed by atoms with Crippen molar-refractivity contribution in [2.45, 2.75) is 39.5 Å². The molecule has 2 N–H and O–H groups in total. The smallest absolute Gasteiger partial charge is 0.335 e. The topological polar surface area (TPSA) is 75.6 Å². The number of hydrogen-bond acceptors (Lipinski definition) is 3. The lowest BCUT2D eigenvalue weighted by Gasteiger charge is -2.13. The Kier molecular flexibility index (Phi) is 7.21. The summed E-state index contributed by atoms with van der Waals surface area (Å²) >= 11 is 0. The van der Waals surface area contributed by atoms with E-state index in [9.17, 15) is 9.59 Å². The minimum atomic E-state index is -1.04. The molecule has 0 aromatic heterocycles. The van der Waals surface area contributed by atoms with Crippen molar-refractivity contribution in [1.82, 2.24) is 0 Å². The zero-order chi connectivity index (χ0) is 18.9. The second-order valence-electron chi connectivity index (χ2n) is 6.25. The van der Waals surface area contributed by atoms with Crippen molar-refractivity contribution < 1.29 is 19.4 Å². The lowest BCUT2D eigenvalue weighted by atomic mass is 10.1. The number of carboxylic acids is 1. The van der Waals surface area contributed by atoms with E-state index in [0.717, 1.165) is 19.3 Å². The third-order valence-electron chi connectivity index (χ3n) is 3.95. The Morgan fingerprint density at radius 3 is 2.50 bits per heavy atom. The summed E-state index contributed by atoms with van der Waals surface area (Å²) in [5.74, 6) is -0.702. The molecule has 5 nitrogen and oxygen atoms in total. The van der Waals surface area contributed by atoms with Gasteiger partial charge in [-0.1, -0.05) is 36.8 Å². The van der Waals surface area contributed by atoms with Crippen LogP contribution in [0.25, 0.3) is 0 Å². The van der Waals surface area contributed by atoms with Crippen LogP contribution in [0.3, 0.4) is 0 Å². The van der Waals surface area contributed by atoms with E-state index in [-0.39, 0.29) is 11.5 Å². The normalized spacial score (nSPS) is 10.4. The highest BCUT2D eigenvalue weighted by Gasteiger charge is 2.12. The average Bonchev–Trinajstić information content (AvgIpc) is 2.62. The number of anilines is 1. The lowest BCUT2D eigenvalue weighted by molar-refractivity contribution is -0.116. The minimum absolute atomic E-state index is 0.115. The Labute approximate surface area is 154 Å². The molecule has 5 heteroatoms. The molecule has 0 aliphatic heterocycles. The van der Waals surface area contributed by atoms with Gasteiger partial charge in [0, 0.05) is 6.42 Å². The van der Waals surface area contributed by atoms with Crippen LogP contribution >= 0.6 is 0 Å². The van der Waals surface area contributed by atoms with Crippen molar-refractivity contribution in [3.63, 3.8) is 0 Å². The van der Waals surface area contributed by atoms with E-state index in [1.165, 1.54) is 23.3 Å². The van der Waals surface area contributed by atoms with Gasteiger partial charge in [0.25, 0.3) is 0 Å². The van der Waals surface area contributed by atoms with Crippen LogP contribution in [0, 0.1) is 6.92 Å². The number of aryl methyl sites for hydroxylation is 2. The Balaban J connectivity index is 1.96. The van der Waals surface area contributed by atoms with E-state index in [2.05, 4.69) is 29.6 Å². The Hall–Kier alpha value is -2.82. The molecule has 0 saturated heterocycles. The third kappa shape index (κ3) is 5.92. The van der Waals surface area contributed by atoms with Gasteiger partial charge in [0.2, 0.25) is 5.91 Å². The van der Waals surface area contributed by atoms with Crippen molar-refractivity contribution >= 4 is 17.6 Å². The molecular weight excluding hydrogens is 330 g/mol. The van der Waals surface area contributed by atoms with Gasteiger partial charge < -0.3 is 15.2 Å². The van der Waals surface area contributed by atoms with Gasteiger partial charge in [0.15, 0.2) is 0 Å². The second kappa shape index (κ2) is 9.61. The van der Waals surface area contributed by atoms with Crippen molar-refractivity contribution in [2.24, 2.45) is 0 Å². The molecule has 2 aromatic carbocycles. The highest BCUT2D eigenvalue weighted by molar-refractivity contribution is 5.95. The molecular formula is C21H25NO4. The molecule has 0 aliphatic rings. The maximum Gasteiger partial charge on any atom is 0.335 e. The number of benzene rings is 2. The molecule has 2 aromatic rings. The molecule has 138 valence electrons. The number of carbonyl (C=O) groups is 2. The summed E-state index contributed by atoms with van der Waals surface area (Å²) in [4.78, 5) is 23.4. The molecule has 0 atom stereocenters. The monoisotopic (exact) mass is 355 g/mol. The van der Waals surface area contributed by atoms with E-state index in [4.69, 9.17) is 9.84 Å². The number of carbonyl (C=O) groups excluding carboxylic acids is 1. The predicted octanol–water partition coefficient (Wildman–Crippen LogP) is 4.44. The summed E-state index contributed by atoms with van der Waals surface area (Å²) in [7, 11) is 0. The summed E-state index contributed by atoms with van der Waals surface area (Å²) in [6.07, 6.45) is 2.73. The minimum Gasteiger partial charge on any atom is -0.491 e. The van der Waals surface area contributed by atoms with E-state index >= 15 is 0 Å². The van der Waals surface area contributed by atoms with Crippen molar-refractivity contribution in [3.8, 4) is 5.75 Å². The number of aromatic carboxylic acids is 1. The maximum atomic E-state index is 12.2. The molecule has 0 saturated carbocycles. The number of rotatable bonds is 9. The average molecular weight is 355 g/mol. The SMILES string of the molecule is CCCOc1ccc(C(=O)O)cc1NC(=O)CCCc1ccc(C)cc1. The number of nitrogens with one attached hydrogen (secondary N) is 1. The fourth-order valence-electron chi connectivity index (χ4n) is 2.52. The van der Waals surface area contributed by atoms with Gasteiger partial charge in [0.1, 0.15) is 5.75 Å². The van der Waals surface area contributed by atoms with Crippen LogP contribution in [0.1, 0.15) is 47.7 Å². The van der Waals surface area contributed by atoms with E-state index in [0.29, 0.717) is 24.5 Å². The molecule has 0 bridgehead atoms. The van der Waals surface area contributed by atoms with Crippen LogP contribution in [-0.4, -0.2) is 23.6 Å². The summed E-state index contributed by atoms with van der Waals surface area (Å²) in [5, 5.41) is 11.9. The number of carboxylic acid groups (broad SMARTS) is 1. The van der Waals surface area contributed by atoms with Gasteiger partial charge in [-0.05, 0) is 49.9 Å². The number of hydrogen-bond donors (Lipinski definition) is 2. The summed E-state index contributed by atoms with van der Waals surface area (Å²) < 4.78 is 5.60. The lowest BCUT2D eigenvalue weighted by Crippen LogP contribution is -2.13. The van der Waals surface area contributed by atoms with Crippen LogP contribution in [0.15, 0.2) is 42.5 Å². The molecule has 0 spiro atoms.